The smallest absolute Gasteiger partial charge is 0.416 e. The van der Waals surface area contributed by atoms with Crippen LogP contribution in [0.5, 0.6) is 0 Å². The molecule has 0 saturated carbocycles. The van der Waals surface area contributed by atoms with Gasteiger partial charge in [-0.1, -0.05) is 12.1 Å². The van der Waals surface area contributed by atoms with Gasteiger partial charge in [-0.25, -0.2) is 0 Å². The summed E-state index contributed by atoms with van der Waals surface area (Å²) >= 11 is 0. The minimum Gasteiger partial charge on any atom is -0.465 e. The number of halogens is 3. The summed E-state index contributed by atoms with van der Waals surface area (Å²) in [6, 6.07) is 7.07. The zero-order valence-electron chi connectivity index (χ0n) is 12.4. The first-order chi connectivity index (χ1) is 10.8. The van der Waals surface area contributed by atoms with E-state index in [1.807, 2.05) is 0 Å². The second kappa shape index (κ2) is 6.87. The molecule has 7 heteroatoms. The summed E-state index contributed by atoms with van der Waals surface area (Å²) in [6.07, 6.45) is -4.31. The van der Waals surface area contributed by atoms with Gasteiger partial charge in [0.2, 0.25) is 0 Å². The van der Waals surface area contributed by atoms with Gasteiger partial charge in [0.15, 0.2) is 0 Å². The molecule has 1 aromatic heterocycles. The first-order valence-electron chi connectivity index (χ1n) is 7.00. The van der Waals surface area contributed by atoms with E-state index in [-0.39, 0.29) is 18.8 Å². The Morgan fingerprint density at radius 2 is 2.04 bits per heavy atom. The van der Waals surface area contributed by atoms with Crippen LogP contribution < -0.4 is 5.73 Å². The van der Waals surface area contributed by atoms with Gasteiger partial charge in [-0.15, -0.1) is 0 Å². The first-order valence-corrected chi connectivity index (χ1v) is 7.00. The van der Waals surface area contributed by atoms with Gasteiger partial charge in [-0.3, -0.25) is 4.79 Å². The predicted molar refractivity (Wildman–Crippen MR) is 77.5 cm³/mol. The van der Waals surface area contributed by atoms with Crippen LogP contribution in [0.4, 0.5) is 13.2 Å². The van der Waals surface area contributed by atoms with Gasteiger partial charge in [0, 0.05) is 12.0 Å². The number of hydrogen-bond acceptors (Lipinski definition) is 4. The molecule has 124 valence electrons. The Kier molecular flexibility index (Phi) is 5.10. The number of esters is 1. The number of rotatable bonds is 5. The van der Waals surface area contributed by atoms with E-state index < -0.39 is 23.8 Å². The molecule has 0 radical (unpaired) electrons. The van der Waals surface area contributed by atoms with Crippen LogP contribution in [0.15, 0.2) is 40.8 Å². The lowest BCUT2D eigenvalue weighted by Gasteiger charge is -2.09. The summed E-state index contributed by atoms with van der Waals surface area (Å²) in [5.74, 6) is 0.129. The molecular weight excluding hydrogens is 311 g/mol. The van der Waals surface area contributed by atoms with Crippen LogP contribution in [0, 0.1) is 0 Å². The molecule has 0 bridgehead atoms. The maximum atomic E-state index is 12.7. The topological polar surface area (TPSA) is 65.5 Å². The Bertz CT molecular complexity index is 679. The van der Waals surface area contributed by atoms with Crippen molar-refractivity contribution in [3.05, 3.63) is 47.7 Å². The van der Waals surface area contributed by atoms with E-state index in [0.717, 1.165) is 12.1 Å². The van der Waals surface area contributed by atoms with Crippen LogP contribution in [0.25, 0.3) is 11.3 Å². The third-order valence-corrected chi connectivity index (χ3v) is 3.15. The third kappa shape index (κ3) is 4.35. The molecular formula is C16H16F3NO3. The molecule has 2 aromatic rings. The molecule has 0 fully saturated rings. The Balaban J connectivity index is 2.15. The lowest BCUT2D eigenvalue weighted by Crippen LogP contribution is -2.34. The van der Waals surface area contributed by atoms with Crippen LogP contribution in [-0.2, 0) is 22.1 Å². The zero-order chi connectivity index (χ0) is 17.0. The number of hydrogen-bond donors (Lipinski definition) is 1. The van der Waals surface area contributed by atoms with Gasteiger partial charge in [0.05, 0.1) is 12.2 Å². The van der Waals surface area contributed by atoms with Crippen molar-refractivity contribution >= 4 is 5.97 Å². The van der Waals surface area contributed by atoms with Crippen LogP contribution in [-0.4, -0.2) is 18.6 Å². The molecule has 0 spiro atoms. The highest BCUT2D eigenvalue weighted by Crippen LogP contribution is 2.32. The molecule has 23 heavy (non-hydrogen) atoms. The minimum absolute atomic E-state index is 0.109. The van der Waals surface area contributed by atoms with Crippen molar-refractivity contribution < 1.29 is 27.1 Å². The molecule has 0 aliphatic heterocycles. The van der Waals surface area contributed by atoms with Crippen LogP contribution in [0.2, 0.25) is 0 Å². The Labute approximate surface area is 131 Å². The molecule has 1 aromatic carbocycles. The number of carbonyl (C=O) groups is 1. The fourth-order valence-corrected chi connectivity index (χ4v) is 2.04. The highest BCUT2D eigenvalue weighted by Gasteiger charge is 2.30. The van der Waals surface area contributed by atoms with Crippen LogP contribution in [0.3, 0.4) is 0 Å². The quantitative estimate of drug-likeness (QED) is 0.855. The van der Waals surface area contributed by atoms with Crippen LogP contribution in [0.1, 0.15) is 18.2 Å². The molecule has 0 aliphatic rings. The number of nitrogens with two attached hydrogens (primary N) is 1. The normalized spacial score (nSPS) is 12.9. The zero-order valence-corrected chi connectivity index (χ0v) is 12.4. The van der Waals surface area contributed by atoms with Crippen molar-refractivity contribution in [1.29, 1.82) is 0 Å². The molecule has 1 unspecified atom stereocenters. The van der Waals surface area contributed by atoms with Crippen molar-refractivity contribution in [2.24, 2.45) is 5.73 Å². The molecule has 4 nitrogen and oxygen atoms in total. The summed E-state index contributed by atoms with van der Waals surface area (Å²) in [5, 5.41) is 0. The molecule has 1 heterocycles. The molecule has 1 atom stereocenters. The lowest BCUT2D eigenvalue weighted by molar-refractivity contribution is -0.144. The number of carbonyl (C=O) groups excluding carboxylic acids is 1. The number of furan rings is 1. The van der Waals surface area contributed by atoms with Gasteiger partial charge in [0.1, 0.15) is 17.6 Å². The maximum absolute atomic E-state index is 12.7. The monoisotopic (exact) mass is 327 g/mol. The SMILES string of the molecule is CCOC(=O)C(N)Cc1ccc(-c2cccc(C(F)(F)F)c2)o1. The maximum Gasteiger partial charge on any atom is 0.416 e. The number of benzene rings is 1. The Hall–Kier alpha value is -2.28. The Morgan fingerprint density at radius 3 is 2.70 bits per heavy atom. The summed E-state index contributed by atoms with van der Waals surface area (Å²) in [6.45, 7) is 1.89. The van der Waals surface area contributed by atoms with Gasteiger partial charge in [-0.2, -0.15) is 13.2 Å². The summed E-state index contributed by atoms with van der Waals surface area (Å²) < 4.78 is 48.4. The average Bonchev–Trinajstić information content (AvgIpc) is 2.95. The predicted octanol–water partition coefficient (Wildman–Crippen LogP) is 3.40. The number of alkyl halides is 3. The van der Waals surface area contributed by atoms with E-state index in [2.05, 4.69) is 0 Å². The van der Waals surface area contributed by atoms with Gasteiger partial charge < -0.3 is 14.9 Å². The molecule has 0 amide bonds. The van der Waals surface area contributed by atoms with Crippen molar-refractivity contribution in [1.82, 2.24) is 0 Å². The summed E-state index contributed by atoms with van der Waals surface area (Å²) in [4.78, 5) is 11.5. The van der Waals surface area contributed by atoms with Crippen LogP contribution >= 0.6 is 0 Å². The fourth-order valence-electron chi connectivity index (χ4n) is 2.04. The molecule has 0 aliphatic carbocycles. The standard InChI is InChI=1S/C16H16F3NO3/c1-2-22-15(21)13(20)9-12-6-7-14(23-12)10-4-3-5-11(8-10)16(17,18)19/h3-8,13H,2,9,20H2,1H3. The highest BCUT2D eigenvalue weighted by molar-refractivity contribution is 5.75. The van der Waals surface area contributed by atoms with E-state index in [1.165, 1.54) is 12.1 Å². The number of ether oxygens (including phenoxy) is 1. The average molecular weight is 327 g/mol. The van der Waals surface area contributed by atoms with Crippen molar-refractivity contribution in [3.8, 4) is 11.3 Å². The van der Waals surface area contributed by atoms with E-state index in [9.17, 15) is 18.0 Å². The molecule has 2 rings (SSSR count). The molecule has 2 N–H and O–H groups in total. The Morgan fingerprint density at radius 1 is 1.30 bits per heavy atom. The van der Waals surface area contributed by atoms with E-state index >= 15 is 0 Å². The lowest BCUT2D eigenvalue weighted by atomic mass is 10.1. The molecule has 0 saturated heterocycles. The summed E-state index contributed by atoms with van der Waals surface area (Å²) in [7, 11) is 0. The van der Waals surface area contributed by atoms with E-state index in [1.54, 1.807) is 19.1 Å². The van der Waals surface area contributed by atoms with E-state index in [0.29, 0.717) is 11.3 Å². The van der Waals surface area contributed by atoms with Crippen molar-refractivity contribution in [3.63, 3.8) is 0 Å². The van der Waals surface area contributed by atoms with Gasteiger partial charge in [-0.05, 0) is 31.2 Å². The largest absolute Gasteiger partial charge is 0.465 e. The second-order valence-electron chi connectivity index (χ2n) is 4.91. The first kappa shape index (κ1) is 17.1. The summed E-state index contributed by atoms with van der Waals surface area (Å²) in [5.41, 5.74) is 5.23. The fraction of sp³-hybridized carbons (Fsp3) is 0.312. The second-order valence-corrected chi connectivity index (χ2v) is 4.91. The van der Waals surface area contributed by atoms with Gasteiger partial charge in [0.25, 0.3) is 0 Å². The van der Waals surface area contributed by atoms with Crippen molar-refractivity contribution in [2.75, 3.05) is 6.61 Å². The van der Waals surface area contributed by atoms with E-state index in [4.69, 9.17) is 14.9 Å². The minimum atomic E-state index is -4.42. The third-order valence-electron chi connectivity index (χ3n) is 3.15. The van der Waals surface area contributed by atoms with Crippen molar-refractivity contribution in [2.45, 2.75) is 25.6 Å². The highest BCUT2D eigenvalue weighted by atomic mass is 19.4. The van der Waals surface area contributed by atoms with Gasteiger partial charge >= 0.3 is 12.1 Å².